The number of fused-ring (bicyclic) bond motifs is 1. The third-order valence-corrected chi connectivity index (χ3v) is 1.93. The lowest BCUT2D eigenvalue weighted by Crippen LogP contribution is -2.04. The standard InChI is InChI=1S/C9H11N3.ClH/c1-6(10)9-4-7-5-11-3-2-8(7)12-9;/h2-6,12H,10H2,1H3;1H/t6-;/m0./s1. The van der Waals surface area contributed by atoms with E-state index in [-0.39, 0.29) is 18.4 Å². The van der Waals surface area contributed by atoms with Crippen molar-refractivity contribution in [2.24, 2.45) is 5.73 Å². The van der Waals surface area contributed by atoms with E-state index in [1.807, 2.05) is 25.3 Å². The van der Waals surface area contributed by atoms with Crippen molar-refractivity contribution in [3.05, 3.63) is 30.2 Å². The van der Waals surface area contributed by atoms with Crippen LogP contribution in [0.2, 0.25) is 0 Å². The zero-order valence-electron chi connectivity index (χ0n) is 7.32. The molecule has 3 nitrogen and oxygen atoms in total. The molecule has 0 saturated carbocycles. The van der Waals surface area contributed by atoms with E-state index in [2.05, 4.69) is 9.97 Å². The van der Waals surface area contributed by atoms with Gasteiger partial charge in [0.2, 0.25) is 0 Å². The van der Waals surface area contributed by atoms with Crippen LogP contribution in [0.1, 0.15) is 18.7 Å². The molecule has 0 radical (unpaired) electrons. The first-order valence-corrected chi connectivity index (χ1v) is 3.95. The van der Waals surface area contributed by atoms with Gasteiger partial charge >= 0.3 is 0 Å². The second-order valence-electron chi connectivity index (χ2n) is 2.98. The second kappa shape index (κ2) is 3.77. The quantitative estimate of drug-likeness (QED) is 0.735. The summed E-state index contributed by atoms with van der Waals surface area (Å²) in [6, 6.07) is 4.03. The normalized spacial score (nSPS) is 12.5. The Bertz CT molecular complexity index is 361. The molecular formula is C9H12ClN3. The summed E-state index contributed by atoms with van der Waals surface area (Å²) in [5.74, 6) is 0. The van der Waals surface area contributed by atoms with Crippen molar-refractivity contribution < 1.29 is 0 Å². The van der Waals surface area contributed by atoms with E-state index >= 15 is 0 Å². The van der Waals surface area contributed by atoms with Gasteiger partial charge < -0.3 is 10.7 Å². The molecule has 2 aromatic heterocycles. The largest absolute Gasteiger partial charge is 0.357 e. The highest BCUT2D eigenvalue weighted by Crippen LogP contribution is 2.16. The number of H-pyrrole nitrogens is 1. The van der Waals surface area contributed by atoms with Crippen molar-refractivity contribution in [2.45, 2.75) is 13.0 Å². The van der Waals surface area contributed by atoms with Crippen LogP contribution in [0, 0.1) is 0 Å². The van der Waals surface area contributed by atoms with Crippen LogP contribution in [0.4, 0.5) is 0 Å². The van der Waals surface area contributed by atoms with E-state index in [9.17, 15) is 0 Å². The summed E-state index contributed by atoms with van der Waals surface area (Å²) in [7, 11) is 0. The van der Waals surface area contributed by atoms with Gasteiger partial charge in [0, 0.05) is 35.0 Å². The fourth-order valence-electron chi connectivity index (χ4n) is 1.24. The minimum Gasteiger partial charge on any atom is -0.357 e. The Labute approximate surface area is 82.8 Å². The van der Waals surface area contributed by atoms with Gasteiger partial charge in [0.15, 0.2) is 0 Å². The van der Waals surface area contributed by atoms with Crippen LogP contribution < -0.4 is 5.73 Å². The van der Waals surface area contributed by atoms with Crippen molar-refractivity contribution in [3.63, 3.8) is 0 Å². The number of nitrogens with one attached hydrogen (secondary N) is 1. The molecule has 2 heterocycles. The SMILES string of the molecule is C[C@H](N)c1cc2cnccc2[nH]1.Cl. The predicted molar refractivity (Wildman–Crippen MR) is 55.9 cm³/mol. The molecule has 0 unspecified atom stereocenters. The number of nitrogens with two attached hydrogens (primary N) is 1. The maximum atomic E-state index is 5.73. The molecule has 0 aliphatic carbocycles. The zero-order valence-corrected chi connectivity index (χ0v) is 8.14. The summed E-state index contributed by atoms with van der Waals surface area (Å²) in [6.45, 7) is 1.96. The fourth-order valence-corrected chi connectivity index (χ4v) is 1.24. The number of rotatable bonds is 1. The van der Waals surface area contributed by atoms with E-state index in [1.54, 1.807) is 6.20 Å². The number of hydrogen-bond donors (Lipinski definition) is 2. The lowest BCUT2D eigenvalue weighted by molar-refractivity contribution is 0.792. The molecule has 0 saturated heterocycles. The van der Waals surface area contributed by atoms with Crippen molar-refractivity contribution in [1.29, 1.82) is 0 Å². The first-order chi connectivity index (χ1) is 5.77. The van der Waals surface area contributed by atoms with Gasteiger partial charge in [-0.05, 0) is 19.1 Å². The predicted octanol–water partition coefficient (Wildman–Crippen LogP) is 2.00. The topological polar surface area (TPSA) is 54.7 Å². The van der Waals surface area contributed by atoms with Gasteiger partial charge in [-0.3, -0.25) is 4.98 Å². The van der Waals surface area contributed by atoms with Crippen LogP contribution in [0.3, 0.4) is 0 Å². The molecule has 0 bridgehead atoms. The lowest BCUT2D eigenvalue weighted by Gasteiger charge is -1.98. The molecule has 0 aliphatic rings. The van der Waals surface area contributed by atoms with Crippen LogP contribution in [0.25, 0.3) is 10.9 Å². The molecule has 0 amide bonds. The van der Waals surface area contributed by atoms with E-state index in [0.717, 1.165) is 16.6 Å². The Hall–Kier alpha value is -1.06. The van der Waals surface area contributed by atoms with E-state index < -0.39 is 0 Å². The smallest absolute Gasteiger partial charge is 0.0487 e. The Morgan fingerprint density at radius 2 is 2.31 bits per heavy atom. The molecule has 0 fully saturated rings. The first kappa shape index (κ1) is 10.0. The molecule has 0 spiro atoms. The van der Waals surface area contributed by atoms with Crippen molar-refractivity contribution >= 4 is 23.3 Å². The van der Waals surface area contributed by atoms with E-state index in [0.29, 0.717) is 0 Å². The third kappa shape index (κ3) is 1.82. The molecule has 2 rings (SSSR count). The minimum absolute atomic E-state index is 0. The van der Waals surface area contributed by atoms with Crippen molar-refractivity contribution in [2.75, 3.05) is 0 Å². The van der Waals surface area contributed by atoms with Crippen molar-refractivity contribution in [1.82, 2.24) is 9.97 Å². The summed E-state index contributed by atoms with van der Waals surface area (Å²) >= 11 is 0. The van der Waals surface area contributed by atoms with Gasteiger partial charge in [-0.15, -0.1) is 12.4 Å². The van der Waals surface area contributed by atoms with Crippen LogP contribution in [0.15, 0.2) is 24.5 Å². The Kier molecular flexibility index (Phi) is 2.90. The number of pyridine rings is 1. The van der Waals surface area contributed by atoms with Gasteiger partial charge in [0.05, 0.1) is 0 Å². The molecule has 13 heavy (non-hydrogen) atoms. The van der Waals surface area contributed by atoms with E-state index in [1.165, 1.54) is 0 Å². The second-order valence-corrected chi connectivity index (χ2v) is 2.98. The number of hydrogen-bond acceptors (Lipinski definition) is 2. The summed E-state index contributed by atoms with van der Waals surface area (Å²) in [5.41, 5.74) is 7.87. The number of aromatic amines is 1. The molecule has 0 aliphatic heterocycles. The van der Waals surface area contributed by atoms with Gasteiger partial charge in [0.25, 0.3) is 0 Å². The zero-order chi connectivity index (χ0) is 8.55. The Morgan fingerprint density at radius 3 is 2.92 bits per heavy atom. The van der Waals surface area contributed by atoms with Gasteiger partial charge in [-0.1, -0.05) is 0 Å². The van der Waals surface area contributed by atoms with Gasteiger partial charge in [-0.2, -0.15) is 0 Å². The van der Waals surface area contributed by atoms with Crippen LogP contribution in [-0.2, 0) is 0 Å². The molecule has 3 N–H and O–H groups in total. The average molecular weight is 198 g/mol. The Balaban J connectivity index is 0.000000845. The molecule has 0 aromatic carbocycles. The fraction of sp³-hybridized carbons (Fsp3) is 0.222. The van der Waals surface area contributed by atoms with Gasteiger partial charge in [0.1, 0.15) is 0 Å². The number of halogens is 1. The average Bonchev–Trinajstić information content (AvgIpc) is 2.46. The number of nitrogens with zero attached hydrogens (tertiary/aromatic N) is 1. The lowest BCUT2D eigenvalue weighted by atomic mass is 10.2. The summed E-state index contributed by atoms with van der Waals surface area (Å²) in [5, 5.41) is 1.12. The molecule has 70 valence electrons. The Morgan fingerprint density at radius 1 is 1.54 bits per heavy atom. The molecule has 1 atom stereocenters. The van der Waals surface area contributed by atoms with Crippen LogP contribution in [-0.4, -0.2) is 9.97 Å². The maximum absolute atomic E-state index is 5.73. The maximum Gasteiger partial charge on any atom is 0.0487 e. The molecular weight excluding hydrogens is 186 g/mol. The van der Waals surface area contributed by atoms with Crippen molar-refractivity contribution in [3.8, 4) is 0 Å². The van der Waals surface area contributed by atoms with Crippen LogP contribution in [0.5, 0.6) is 0 Å². The summed E-state index contributed by atoms with van der Waals surface area (Å²) in [6.07, 6.45) is 3.60. The summed E-state index contributed by atoms with van der Waals surface area (Å²) < 4.78 is 0. The third-order valence-electron chi connectivity index (χ3n) is 1.93. The van der Waals surface area contributed by atoms with Crippen LogP contribution >= 0.6 is 12.4 Å². The van der Waals surface area contributed by atoms with Gasteiger partial charge in [-0.25, -0.2) is 0 Å². The highest BCUT2D eigenvalue weighted by molar-refractivity contribution is 5.85. The minimum atomic E-state index is 0. The highest BCUT2D eigenvalue weighted by atomic mass is 35.5. The molecule has 2 aromatic rings. The molecule has 4 heteroatoms. The van der Waals surface area contributed by atoms with E-state index in [4.69, 9.17) is 5.73 Å². The first-order valence-electron chi connectivity index (χ1n) is 3.95. The summed E-state index contributed by atoms with van der Waals surface area (Å²) in [4.78, 5) is 7.25. The monoisotopic (exact) mass is 197 g/mol. The highest BCUT2D eigenvalue weighted by Gasteiger charge is 2.02. The number of aromatic nitrogens is 2.